The normalized spacial score (nSPS) is 16.4. The van der Waals surface area contributed by atoms with Crippen molar-refractivity contribution < 1.29 is 9.90 Å². The summed E-state index contributed by atoms with van der Waals surface area (Å²) in [6, 6.07) is 11.1. The van der Waals surface area contributed by atoms with Gasteiger partial charge >= 0.3 is 0 Å². The van der Waals surface area contributed by atoms with Gasteiger partial charge in [0.1, 0.15) is 5.75 Å². The number of nitrogens with one attached hydrogen (secondary N) is 2. The minimum atomic E-state index is -0.365. The molecular formula is C14H12N4O2. The summed E-state index contributed by atoms with van der Waals surface area (Å²) >= 11 is 0. The van der Waals surface area contributed by atoms with E-state index in [2.05, 4.69) is 21.1 Å². The van der Waals surface area contributed by atoms with E-state index in [4.69, 9.17) is 0 Å². The first-order valence-corrected chi connectivity index (χ1v) is 6.06. The fourth-order valence-corrected chi connectivity index (χ4v) is 2.00. The Kier molecular flexibility index (Phi) is 2.83. The number of hydrazone groups is 2. The van der Waals surface area contributed by atoms with Crippen LogP contribution in [0.15, 0.2) is 46.6 Å². The van der Waals surface area contributed by atoms with Crippen molar-refractivity contribution in [3.63, 3.8) is 0 Å². The first-order chi connectivity index (χ1) is 9.66. The number of benzene rings is 2. The van der Waals surface area contributed by atoms with Gasteiger partial charge in [0.2, 0.25) is 0 Å². The minimum absolute atomic E-state index is 0.0976. The van der Waals surface area contributed by atoms with Crippen molar-refractivity contribution in [3.05, 3.63) is 36.4 Å². The van der Waals surface area contributed by atoms with Crippen LogP contribution in [0.5, 0.6) is 5.75 Å². The number of phenolic OH excluding ortho intramolecular Hbond substituents is 1. The van der Waals surface area contributed by atoms with Gasteiger partial charge < -0.3 is 5.11 Å². The summed E-state index contributed by atoms with van der Waals surface area (Å²) in [5, 5.41) is 19.6. The number of rotatable bonds is 2. The smallest absolute Gasteiger partial charge is 0.293 e. The van der Waals surface area contributed by atoms with Crippen molar-refractivity contribution in [2.75, 3.05) is 5.43 Å². The Morgan fingerprint density at radius 2 is 2.05 bits per heavy atom. The Morgan fingerprint density at radius 3 is 2.80 bits per heavy atom. The minimum Gasteiger partial charge on any atom is -0.505 e. The second-order valence-electron chi connectivity index (χ2n) is 4.39. The largest absolute Gasteiger partial charge is 0.505 e. The summed E-state index contributed by atoms with van der Waals surface area (Å²) in [5.74, 6) is -0.268. The highest BCUT2D eigenvalue weighted by Gasteiger charge is 2.21. The average Bonchev–Trinajstić information content (AvgIpc) is 2.78. The molecule has 1 aliphatic heterocycles. The number of anilines is 1. The number of carbonyl (C=O) groups excluding carboxylic acids is 1. The Balaban J connectivity index is 1.96. The van der Waals surface area contributed by atoms with Crippen molar-refractivity contribution in [1.82, 2.24) is 5.43 Å². The molecule has 0 aromatic heterocycles. The van der Waals surface area contributed by atoms with Gasteiger partial charge in [0.15, 0.2) is 5.71 Å². The van der Waals surface area contributed by atoms with E-state index < -0.39 is 0 Å². The second kappa shape index (κ2) is 4.65. The molecule has 1 heterocycles. The van der Waals surface area contributed by atoms with Gasteiger partial charge in [0, 0.05) is 5.39 Å². The Labute approximate surface area is 114 Å². The Hall–Kier alpha value is -2.89. The molecule has 2 aromatic rings. The van der Waals surface area contributed by atoms with Crippen molar-refractivity contribution >= 4 is 33.8 Å². The van der Waals surface area contributed by atoms with E-state index in [0.29, 0.717) is 11.4 Å². The van der Waals surface area contributed by atoms with Crippen LogP contribution in [-0.4, -0.2) is 22.4 Å². The summed E-state index contributed by atoms with van der Waals surface area (Å²) < 4.78 is 0. The molecule has 20 heavy (non-hydrogen) atoms. The zero-order chi connectivity index (χ0) is 14.1. The number of aromatic hydroxyl groups is 1. The van der Waals surface area contributed by atoms with Crippen LogP contribution in [0.2, 0.25) is 0 Å². The molecule has 6 nitrogen and oxygen atoms in total. The van der Waals surface area contributed by atoms with Crippen molar-refractivity contribution in [2.45, 2.75) is 6.92 Å². The zero-order valence-electron chi connectivity index (χ0n) is 10.7. The van der Waals surface area contributed by atoms with E-state index in [0.717, 1.165) is 10.8 Å². The number of fused-ring (bicyclic) bond motifs is 1. The molecule has 0 fully saturated rings. The third-order valence-corrected chi connectivity index (χ3v) is 3.07. The lowest BCUT2D eigenvalue weighted by Crippen LogP contribution is -2.23. The maximum Gasteiger partial charge on any atom is 0.293 e. The molecule has 0 radical (unpaired) electrons. The van der Waals surface area contributed by atoms with Gasteiger partial charge in [-0.15, -0.1) is 0 Å². The van der Waals surface area contributed by atoms with Gasteiger partial charge in [-0.3, -0.25) is 10.2 Å². The number of carbonyl (C=O) groups is 1. The highest BCUT2D eigenvalue weighted by atomic mass is 16.3. The predicted molar refractivity (Wildman–Crippen MR) is 77.9 cm³/mol. The molecule has 0 saturated carbocycles. The summed E-state index contributed by atoms with van der Waals surface area (Å²) in [5.41, 5.74) is 6.16. The Bertz CT molecular complexity index is 765. The van der Waals surface area contributed by atoms with Gasteiger partial charge in [-0.2, -0.15) is 10.2 Å². The molecule has 100 valence electrons. The summed E-state index contributed by atoms with van der Waals surface area (Å²) in [4.78, 5) is 11.4. The second-order valence-corrected chi connectivity index (χ2v) is 4.39. The molecule has 2 aromatic carbocycles. The number of hydrogen-bond donors (Lipinski definition) is 3. The molecular weight excluding hydrogens is 256 g/mol. The summed E-state index contributed by atoms with van der Waals surface area (Å²) in [7, 11) is 0. The van der Waals surface area contributed by atoms with Crippen LogP contribution in [0.4, 0.5) is 5.69 Å². The quantitative estimate of drug-likeness (QED) is 0.573. The molecule has 0 aliphatic carbocycles. The molecule has 0 spiro atoms. The van der Waals surface area contributed by atoms with Crippen LogP contribution >= 0.6 is 0 Å². The zero-order valence-corrected chi connectivity index (χ0v) is 10.7. The third kappa shape index (κ3) is 1.97. The molecule has 0 unspecified atom stereocenters. The average molecular weight is 268 g/mol. The van der Waals surface area contributed by atoms with Crippen LogP contribution in [0.25, 0.3) is 10.8 Å². The Morgan fingerprint density at radius 1 is 1.25 bits per heavy atom. The molecule has 0 saturated heterocycles. The molecule has 3 N–H and O–H groups in total. The number of nitrogens with zero attached hydrogens (tertiary/aromatic N) is 2. The number of hydrogen-bond acceptors (Lipinski definition) is 5. The lowest BCUT2D eigenvalue weighted by atomic mass is 10.1. The van der Waals surface area contributed by atoms with Gasteiger partial charge in [-0.25, -0.2) is 5.43 Å². The van der Waals surface area contributed by atoms with E-state index in [1.165, 1.54) is 0 Å². The summed E-state index contributed by atoms with van der Waals surface area (Å²) in [6.45, 7) is 1.68. The lowest BCUT2D eigenvalue weighted by Gasteiger charge is -2.07. The van der Waals surface area contributed by atoms with E-state index in [1.54, 1.807) is 13.0 Å². The van der Waals surface area contributed by atoms with E-state index in [9.17, 15) is 9.90 Å². The van der Waals surface area contributed by atoms with E-state index >= 15 is 0 Å². The highest BCUT2D eigenvalue weighted by molar-refractivity contribution is 6.68. The predicted octanol–water partition coefficient (Wildman–Crippen LogP) is 1.82. The maximum absolute atomic E-state index is 11.4. The maximum atomic E-state index is 11.4. The topological polar surface area (TPSA) is 86.1 Å². The molecule has 1 amide bonds. The molecule has 3 rings (SSSR count). The molecule has 6 heteroatoms. The van der Waals surface area contributed by atoms with Crippen molar-refractivity contribution in [1.29, 1.82) is 0 Å². The third-order valence-electron chi connectivity index (χ3n) is 3.07. The van der Waals surface area contributed by atoms with Gasteiger partial charge in [0.25, 0.3) is 5.91 Å². The van der Waals surface area contributed by atoms with Crippen LogP contribution in [0.1, 0.15) is 6.92 Å². The first kappa shape index (κ1) is 12.2. The molecule has 1 aliphatic rings. The fraction of sp³-hybridized carbons (Fsp3) is 0.0714. The van der Waals surface area contributed by atoms with E-state index in [-0.39, 0.29) is 17.4 Å². The van der Waals surface area contributed by atoms with Crippen molar-refractivity contribution in [3.8, 4) is 5.75 Å². The molecule has 0 bridgehead atoms. The van der Waals surface area contributed by atoms with Crippen molar-refractivity contribution in [2.24, 2.45) is 10.2 Å². The number of amides is 1. The first-order valence-electron chi connectivity index (χ1n) is 6.06. The summed E-state index contributed by atoms with van der Waals surface area (Å²) in [6.07, 6.45) is 0. The van der Waals surface area contributed by atoms with Crippen LogP contribution < -0.4 is 10.9 Å². The van der Waals surface area contributed by atoms with Gasteiger partial charge in [0.05, 0.1) is 11.4 Å². The highest BCUT2D eigenvalue weighted by Crippen LogP contribution is 2.32. The van der Waals surface area contributed by atoms with Gasteiger partial charge in [-0.05, 0) is 18.4 Å². The lowest BCUT2D eigenvalue weighted by molar-refractivity contribution is -0.114. The SMILES string of the molecule is CC1=NNC(=O)C1=NNc1ccc2ccccc2c1O. The van der Waals surface area contributed by atoms with Crippen LogP contribution in [0, 0.1) is 0 Å². The fourth-order valence-electron chi connectivity index (χ4n) is 2.00. The van der Waals surface area contributed by atoms with Crippen LogP contribution in [0.3, 0.4) is 0 Å². The standard InChI is InChI=1S/C14H12N4O2/c1-8-12(14(20)18-15-8)17-16-11-7-6-9-4-2-3-5-10(9)13(11)19/h2-7,16,19H,1H3,(H,17,18,20). The van der Waals surface area contributed by atoms with E-state index in [1.807, 2.05) is 30.3 Å². The van der Waals surface area contributed by atoms with Crippen LogP contribution in [-0.2, 0) is 4.79 Å². The van der Waals surface area contributed by atoms with Gasteiger partial charge in [-0.1, -0.05) is 30.3 Å². The number of phenols is 1. The molecule has 0 atom stereocenters. The monoisotopic (exact) mass is 268 g/mol.